The van der Waals surface area contributed by atoms with Gasteiger partial charge in [0.15, 0.2) is 0 Å². The summed E-state index contributed by atoms with van der Waals surface area (Å²) < 4.78 is 0. The van der Waals surface area contributed by atoms with Gasteiger partial charge in [0.25, 0.3) is 0 Å². The topological polar surface area (TPSA) is 78.4 Å². The molecule has 0 heterocycles. The molecule has 5 heteroatoms. The molecule has 0 unspecified atom stereocenters. The molecule has 5 nitrogen and oxygen atoms in total. The fourth-order valence-corrected chi connectivity index (χ4v) is 2.26. The van der Waals surface area contributed by atoms with Crippen LogP contribution in [0.5, 0.6) is 0 Å². The van der Waals surface area contributed by atoms with Gasteiger partial charge in [-0.15, -0.1) is 0 Å². The molecule has 0 aliphatic heterocycles. The number of carbonyl (C=O) groups is 2. The second-order valence-electron chi connectivity index (χ2n) is 5.69. The summed E-state index contributed by atoms with van der Waals surface area (Å²) in [5.74, 6) is -0.403. The van der Waals surface area contributed by atoms with Gasteiger partial charge >= 0.3 is 12.0 Å². The van der Waals surface area contributed by atoms with Crippen molar-refractivity contribution in [3.63, 3.8) is 0 Å². The molecule has 1 saturated carbocycles. The molecule has 0 radical (unpaired) electrons. The van der Waals surface area contributed by atoms with E-state index < -0.39 is 17.5 Å². The quantitative estimate of drug-likeness (QED) is 0.684. The largest absolute Gasteiger partial charge is 0.480 e. The fraction of sp³-hybridized carbons (Fsp3) is 0.714. The average Bonchev–Trinajstić information content (AvgIpc) is 2.31. The molecule has 0 saturated heterocycles. The summed E-state index contributed by atoms with van der Waals surface area (Å²) in [7, 11) is 0. The lowest BCUT2D eigenvalue weighted by Crippen LogP contribution is -2.58. The van der Waals surface area contributed by atoms with E-state index in [1.807, 2.05) is 19.9 Å². The molecule has 108 valence electrons. The molecule has 1 aliphatic carbocycles. The highest BCUT2D eigenvalue weighted by atomic mass is 16.4. The molecule has 0 atom stereocenters. The minimum atomic E-state index is -1.10. The summed E-state index contributed by atoms with van der Waals surface area (Å²) in [5, 5.41) is 14.7. The maximum absolute atomic E-state index is 11.8. The zero-order valence-corrected chi connectivity index (χ0v) is 12.0. The highest BCUT2D eigenvalue weighted by molar-refractivity contribution is 5.86. The Hall–Kier alpha value is -1.52. The summed E-state index contributed by atoms with van der Waals surface area (Å²) in [4.78, 5) is 23.2. The number of carboxylic acids is 1. The zero-order chi connectivity index (χ0) is 14.5. The monoisotopic (exact) mass is 268 g/mol. The third-order valence-electron chi connectivity index (χ3n) is 3.66. The third kappa shape index (κ3) is 4.58. The van der Waals surface area contributed by atoms with Gasteiger partial charge in [-0.25, -0.2) is 9.59 Å². The van der Waals surface area contributed by atoms with Crippen LogP contribution in [0, 0.1) is 5.92 Å². The van der Waals surface area contributed by atoms with E-state index in [9.17, 15) is 14.7 Å². The molecular formula is C14H24N2O3. The van der Waals surface area contributed by atoms with Crippen molar-refractivity contribution in [1.29, 1.82) is 0 Å². The minimum Gasteiger partial charge on any atom is -0.480 e. The number of hydrogen-bond donors (Lipinski definition) is 3. The van der Waals surface area contributed by atoms with Crippen molar-refractivity contribution in [2.75, 3.05) is 6.54 Å². The van der Waals surface area contributed by atoms with Crippen molar-refractivity contribution in [2.24, 2.45) is 5.92 Å². The number of hydrogen-bond acceptors (Lipinski definition) is 2. The first-order valence-corrected chi connectivity index (χ1v) is 6.78. The minimum absolute atomic E-state index is 0.408. The Morgan fingerprint density at radius 2 is 1.89 bits per heavy atom. The molecule has 0 aromatic carbocycles. The summed E-state index contributed by atoms with van der Waals surface area (Å²) in [6, 6.07) is -0.408. The van der Waals surface area contributed by atoms with E-state index in [1.165, 1.54) is 0 Å². The van der Waals surface area contributed by atoms with Crippen LogP contribution in [0.4, 0.5) is 4.79 Å². The van der Waals surface area contributed by atoms with Gasteiger partial charge in [-0.05, 0) is 45.4 Å². The first-order chi connectivity index (χ1) is 8.85. The summed E-state index contributed by atoms with van der Waals surface area (Å²) in [6.45, 7) is 6.42. The molecule has 0 aromatic rings. The molecule has 0 bridgehead atoms. The predicted molar refractivity (Wildman–Crippen MR) is 74.0 cm³/mol. The molecule has 1 fully saturated rings. The van der Waals surface area contributed by atoms with Gasteiger partial charge in [0.05, 0.1) is 0 Å². The van der Waals surface area contributed by atoms with Gasteiger partial charge in [0.1, 0.15) is 5.54 Å². The number of rotatable bonds is 4. The van der Waals surface area contributed by atoms with Crippen LogP contribution in [0.1, 0.15) is 46.5 Å². The van der Waals surface area contributed by atoms with Crippen molar-refractivity contribution < 1.29 is 14.7 Å². The molecule has 0 aromatic heterocycles. The van der Waals surface area contributed by atoms with Crippen LogP contribution in [-0.2, 0) is 4.79 Å². The van der Waals surface area contributed by atoms with E-state index in [2.05, 4.69) is 17.6 Å². The number of amides is 2. The molecular weight excluding hydrogens is 244 g/mol. The van der Waals surface area contributed by atoms with E-state index >= 15 is 0 Å². The van der Waals surface area contributed by atoms with E-state index in [-0.39, 0.29) is 0 Å². The summed E-state index contributed by atoms with van der Waals surface area (Å²) >= 11 is 0. The Morgan fingerprint density at radius 3 is 2.37 bits per heavy atom. The van der Waals surface area contributed by atoms with Gasteiger partial charge in [0, 0.05) is 6.54 Å². The summed E-state index contributed by atoms with van der Waals surface area (Å²) in [6.07, 6.45) is 4.55. The zero-order valence-electron chi connectivity index (χ0n) is 12.0. The molecule has 0 spiro atoms. The van der Waals surface area contributed by atoms with Crippen LogP contribution in [0.2, 0.25) is 0 Å². The lowest BCUT2D eigenvalue weighted by Gasteiger charge is -2.36. The van der Waals surface area contributed by atoms with E-state index in [1.54, 1.807) is 0 Å². The molecule has 2 amide bonds. The second-order valence-corrected chi connectivity index (χ2v) is 5.69. The Labute approximate surface area is 114 Å². The fourth-order valence-electron chi connectivity index (χ4n) is 2.26. The van der Waals surface area contributed by atoms with Crippen molar-refractivity contribution in [2.45, 2.75) is 52.0 Å². The number of nitrogens with one attached hydrogen (secondary N) is 2. The maximum atomic E-state index is 11.8. The smallest absolute Gasteiger partial charge is 0.329 e. The lowest BCUT2D eigenvalue weighted by molar-refractivity contribution is -0.146. The van der Waals surface area contributed by atoms with Crippen LogP contribution in [0.15, 0.2) is 11.6 Å². The Balaban J connectivity index is 2.57. The molecule has 19 heavy (non-hydrogen) atoms. The van der Waals surface area contributed by atoms with Crippen LogP contribution in [0.3, 0.4) is 0 Å². The van der Waals surface area contributed by atoms with E-state index in [0.717, 1.165) is 18.4 Å². The number of aliphatic carboxylic acids is 1. The van der Waals surface area contributed by atoms with Gasteiger partial charge in [-0.1, -0.05) is 18.6 Å². The highest BCUT2D eigenvalue weighted by Gasteiger charge is 2.42. The van der Waals surface area contributed by atoms with Gasteiger partial charge in [-0.3, -0.25) is 0 Å². The van der Waals surface area contributed by atoms with Crippen molar-refractivity contribution >= 4 is 12.0 Å². The lowest BCUT2D eigenvalue weighted by atomic mass is 9.77. The van der Waals surface area contributed by atoms with Crippen LogP contribution in [0.25, 0.3) is 0 Å². The highest BCUT2D eigenvalue weighted by Crippen LogP contribution is 2.32. The second kappa shape index (κ2) is 6.59. The summed E-state index contributed by atoms with van der Waals surface area (Å²) in [5.41, 5.74) is 0.0152. The molecule has 1 aliphatic rings. The molecule has 3 N–H and O–H groups in total. The predicted octanol–water partition coefficient (Wildman–Crippen LogP) is 2.29. The average molecular weight is 268 g/mol. The first-order valence-electron chi connectivity index (χ1n) is 6.78. The number of urea groups is 1. The number of carbonyl (C=O) groups excluding carboxylic acids is 1. The maximum Gasteiger partial charge on any atom is 0.329 e. The first kappa shape index (κ1) is 15.5. The van der Waals surface area contributed by atoms with Gasteiger partial charge < -0.3 is 15.7 Å². The van der Waals surface area contributed by atoms with Gasteiger partial charge in [0.2, 0.25) is 0 Å². The van der Waals surface area contributed by atoms with Gasteiger partial charge in [-0.2, -0.15) is 0 Å². The standard InChI is InChI=1S/C14H24N2O3/c1-10(2)6-9-15-13(19)16-14(12(17)18)7-4-11(3)5-8-14/h6,11H,4-5,7-9H2,1-3H3,(H,17,18)(H2,15,16,19). The Morgan fingerprint density at radius 1 is 1.32 bits per heavy atom. The van der Waals surface area contributed by atoms with E-state index in [4.69, 9.17) is 0 Å². The van der Waals surface area contributed by atoms with Crippen molar-refractivity contribution in [3.05, 3.63) is 11.6 Å². The Kier molecular flexibility index (Phi) is 5.39. The SMILES string of the molecule is CC(C)=CCNC(=O)NC1(C(=O)O)CCC(C)CC1. The number of carboxylic acid groups (broad SMARTS) is 1. The van der Waals surface area contributed by atoms with E-state index in [0.29, 0.717) is 25.3 Å². The number of allylic oxidation sites excluding steroid dienone is 1. The van der Waals surface area contributed by atoms with Crippen LogP contribution < -0.4 is 10.6 Å². The van der Waals surface area contributed by atoms with Crippen molar-refractivity contribution in [3.8, 4) is 0 Å². The van der Waals surface area contributed by atoms with Crippen LogP contribution >= 0.6 is 0 Å². The van der Waals surface area contributed by atoms with Crippen LogP contribution in [-0.4, -0.2) is 29.2 Å². The normalized spacial score (nSPS) is 26.4. The van der Waals surface area contributed by atoms with Crippen molar-refractivity contribution in [1.82, 2.24) is 10.6 Å². The molecule has 1 rings (SSSR count). The third-order valence-corrected chi connectivity index (χ3v) is 3.66. The Bertz CT molecular complexity index is 365.